The largest absolute Gasteiger partial charge is 0.379 e. The summed E-state index contributed by atoms with van der Waals surface area (Å²) >= 11 is 0. The van der Waals surface area contributed by atoms with Gasteiger partial charge in [0.1, 0.15) is 0 Å². The van der Waals surface area contributed by atoms with Crippen LogP contribution < -0.4 is 10.9 Å². The van der Waals surface area contributed by atoms with Crippen LogP contribution in [0.1, 0.15) is 0 Å². The average Bonchev–Trinajstić information content (AvgIpc) is 2.16. The molecule has 1 fully saturated rings. The predicted octanol–water partition coefficient (Wildman–Crippen LogP) is -1.11. The van der Waals surface area contributed by atoms with Crippen molar-refractivity contribution in [1.82, 2.24) is 20.9 Å². The van der Waals surface area contributed by atoms with Crippen LogP contribution in [0, 0.1) is 0 Å². The van der Waals surface area contributed by atoms with Crippen LogP contribution in [-0.4, -0.2) is 63.5 Å². The third-order valence-corrected chi connectivity index (χ3v) is 2.02. The molecule has 1 aliphatic heterocycles. The quantitative estimate of drug-likeness (QED) is 0.535. The normalized spacial score (nSPS) is 19.6. The molecule has 0 aromatic heterocycles. The smallest absolute Gasteiger partial charge is 0.0608 e. The summed E-state index contributed by atoms with van der Waals surface area (Å²) in [6, 6.07) is 0. The monoisotopic (exact) mass is 188 g/mol. The molecule has 0 unspecified atom stereocenters. The lowest BCUT2D eigenvalue weighted by Gasteiger charge is -2.31. The number of nitrogens with one attached hydrogen (secondary N) is 2. The molecule has 0 bridgehead atoms. The molecule has 0 spiro atoms. The number of hydrogen-bond acceptors (Lipinski definition) is 5. The van der Waals surface area contributed by atoms with Crippen LogP contribution in [-0.2, 0) is 4.74 Å². The first-order chi connectivity index (χ1) is 6.33. The molecule has 1 heterocycles. The number of rotatable bonds is 5. The van der Waals surface area contributed by atoms with E-state index >= 15 is 0 Å². The molecule has 0 aromatic rings. The van der Waals surface area contributed by atoms with Gasteiger partial charge in [-0.25, -0.2) is 10.0 Å². The summed E-state index contributed by atoms with van der Waals surface area (Å²) in [5.41, 5.74) is 3.30. The number of morpholine rings is 1. The first kappa shape index (κ1) is 10.9. The third-order valence-electron chi connectivity index (χ3n) is 2.02. The number of likely N-dealkylation sites (N-methyl/N-ethyl adjacent to an activating group) is 2. The van der Waals surface area contributed by atoms with E-state index in [1.54, 1.807) is 0 Å². The summed E-state index contributed by atoms with van der Waals surface area (Å²) in [6.07, 6.45) is 0. The predicted molar refractivity (Wildman–Crippen MR) is 52.1 cm³/mol. The van der Waals surface area contributed by atoms with E-state index in [4.69, 9.17) is 4.74 Å². The Morgan fingerprint density at radius 3 is 2.69 bits per heavy atom. The molecule has 1 saturated heterocycles. The van der Waals surface area contributed by atoms with Gasteiger partial charge in [-0.15, -0.1) is 0 Å². The fraction of sp³-hybridized carbons (Fsp3) is 1.00. The Labute approximate surface area is 80.0 Å². The molecule has 1 aliphatic rings. The van der Waals surface area contributed by atoms with Gasteiger partial charge in [0.15, 0.2) is 0 Å². The maximum atomic E-state index is 5.25. The Bertz CT molecular complexity index is 127. The van der Waals surface area contributed by atoms with Crippen LogP contribution in [0.15, 0.2) is 0 Å². The first-order valence-electron chi connectivity index (χ1n) is 4.77. The lowest BCUT2D eigenvalue weighted by Crippen LogP contribution is -2.53. The Morgan fingerprint density at radius 1 is 1.38 bits per heavy atom. The molecule has 2 N–H and O–H groups in total. The van der Waals surface area contributed by atoms with Crippen molar-refractivity contribution < 1.29 is 4.74 Å². The van der Waals surface area contributed by atoms with Gasteiger partial charge in [0.05, 0.1) is 13.2 Å². The van der Waals surface area contributed by atoms with Gasteiger partial charge in [0, 0.05) is 33.2 Å². The van der Waals surface area contributed by atoms with Gasteiger partial charge in [0.2, 0.25) is 0 Å². The van der Waals surface area contributed by atoms with Crippen molar-refractivity contribution in [3.8, 4) is 0 Å². The molecule has 78 valence electrons. The second-order valence-corrected chi connectivity index (χ2v) is 3.22. The molecule has 5 heteroatoms. The van der Waals surface area contributed by atoms with Crippen LogP contribution in [0.5, 0.6) is 0 Å². The number of hydrazine groups is 2. The molecule has 5 nitrogen and oxygen atoms in total. The highest BCUT2D eigenvalue weighted by molar-refractivity contribution is 4.56. The minimum Gasteiger partial charge on any atom is -0.379 e. The van der Waals surface area contributed by atoms with Crippen molar-refractivity contribution in [3.05, 3.63) is 0 Å². The number of nitrogens with zero attached hydrogens (tertiary/aromatic N) is 2. The first-order valence-corrected chi connectivity index (χ1v) is 4.77. The Morgan fingerprint density at radius 2 is 2.08 bits per heavy atom. The Hall–Kier alpha value is -0.200. The van der Waals surface area contributed by atoms with Gasteiger partial charge in [-0.05, 0) is 7.05 Å². The fourth-order valence-electron chi connectivity index (χ4n) is 1.23. The minimum atomic E-state index is 0.826. The fourth-order valence-corrected chi connectivity index (χ4v) is 1.23. The van der Waals surface area contributed by atoms with Crippen LogP contribution in [0.4, 0.5) is 0 Å². The topological polar surface area (TPSA) is 39.8 Å². The highest BCUT2D eigenvalue weighted by Crippen LogP contribution is 1.92. The summed E-state index contributed by atoms with van der Waals surface area (Å²) in [4.78, 5) is 0. The summed E-state index contributed by atoms with van der Waals surface area (Å²) < 4.78 is 5.25. The van der Waals surface area contributed by atoms with Crippen molar-refractivity contribution in [1.29, 1.82) is 0 Å². The minimum absolute atomic E-state index is 0.826. The van der Waals surface area contributed by atoms with Gasteiger partial charge >= 0.3 is 0 Å². The molecule has 0 saturated carbocycles. The standard InChI is InChI=1S/C8H20N4O/c1-9-3-4-11(2)10-12-5-7-13-8-6-12/h9-10H,3-8H2,1-2H3. The second kappa shape index (κ2) is 6.28. The zero-order chi connectivity index (χ0) is 9.52. The van der Waals surface area contributed by atoms with E-state index in [1.165, 1.54) is 0 Å². The van der Waals surface area contributed by atoms with Crippen molar-refractivity contribution >= 4 is 0 Å². The SMILES string of the molecule is CNCCN(C)NN1CCOCC1. The maximum Gasteiger partial charge on any atom is 0.0608 e. The second-order valence-electron chi connectivity index (χ2n) is 3.22. The van der Waals surface area contributed by atoms with Crippen molar-refractivity contribution in [2.45, 2.75) is 0 Å². The third kappa shape index (κ3) is 4.54. The summed E-state index contributed by atoms with van der Waals surface area (Å²) in [5.74, 6) is 0. The Balaban J connectivity index is 2.07. The van der Waals surface area contributed by atoms with Crippen LogP contribution in [0.2, 0.25) is 0 Å². The zero-order valence-electron chi connectivity index (χ0n) is 8.55. The molecule has 0 radical (unpaired) electrons. The molecule has 13 heavy (non-hydrogen) atoms. The van der Waals surface area contributed by atoms with Crippen molar-refractivity contribution in [3.63, 3.8) is 0 Å². The molecule has 0 aliphatic carbocycles. The van der Waals surface area contributed by atoms with Crippen molar-refractivity contribution in [2.75, 3.05) is 53.5 Å². The molecular weight excluding hydrogens is 168 g/mol. The van der Waals surface area contributed by atoms with Crippen LogP contribution in [0.25, 0.3) is 0 Å². The summed E-state index contributed by atoms with van der Waals surface area (Å²) in [6.45, 7) is 5.56. The van der Waals surface area contributed by atoms with Gasteiger partial charge < -0.3 is 10.1 Å². The molecule has 0 amide bonds. The molecule has 0 atom stereocenters. The molecule has 1 rings (SSSR count). The lowest BCUT2D eigenvalue weighted by molar-refractivity contribution is -0.0381. The molecular formula is C8H20N4O. The van der Waals surface area contributed by atoms with E-state index in [2.05, 4.69) is 20.9 Å². The van der Waals surface area contributed by atoms with E-state index in [9.17, 15) is 0 Å². The highest BCUT2D eigenvalue weighted by Gasteiger charge is 2.10. The van der Waals surface area contributed by atoms with Crippen molar-refractivity contribution in [2.24, 2.45) is 0 Å². The van der Waals surface area contributed by atoms with Gasteiger partial charge in [-0.3, -0.25) is 0 Å². The van der Waals surface area contributed by atoms with Crippen LogP contribution in [0.3, 0.4) is 0 Å². The maximum absolute atomic E-state index is 5.25. The van der Waals surface area contributed by atoms with E-state index in [0.29, 0.717) is 0 Å². The summed E-state index contributed by atoms with van der Waals surface area (Å²) in [7, 11) is 4.01. The average molecular weight is 188 g/mol. The van der Waals surface area contributed by atoms with Crippen LogP contribution >= 0.6 is 0 Å². The summed E-state index contributed by atoms with van der Waals surface area (Å²) in [5, 5.41) is 7.38. The van der Waals surface area contributed by atoms with E-state index in [0.717, 1.165) is 39.4 Å². The lowest BCUT2D eigenvalue weighted by atomic mass is 10.5. The van der Waals surface area contributed by atoms with Gasteiger partial charge in [-0.2, -0.15) is 5.53 Å². The molecule has 0 aromatic carbocycles. The van der Waals surface area contributed by atoms with Gasteiger partial charge in [0.25, 0.3) is 0 Å². The van der Waals surface area contributed by atoms with E-state index < -0.39 is 0 Å². The zero-order valence-corrected chi connectivity index (χ0v) is 8.55. The van der Waals surface area contributed by atoms with E-state index in [-0.39, 0.29) is 0 Å². The van der Waals surface area contributed by atoms with E-state index in [1.807, 2.05) is 14.1 Å². The number of ether oxygens (including phenoxy) is 1. The highest BCUT2D eigenvalue weighted by atomic mass is 16.5. The van der Waals surface area contributed by atoms with Gasteiger partial charge in [-0.1, -0.05) is 0 Å². The number of hydrogen-bond donors (Lipinski definition) is 2. The Kier molecular flexibility index (Phi) is 5.26.